The monoisotopic (exact) mass is 255 g/mol. The summed E-state index contributed by atoms with van der Waals surface area (Å²) in [6, 6.07) is 1.62. The molecule has 0 amide bonds. The fourth-order valence-electron chi connectivity index (χ4n) is 1.85. The highest BCUT2D eigenvalue weighted by Gasteiger charge is 2.22. The average Bonchev–Trinajstić information content (AvgIpc) is 2.37. The normalized spacial score (nSPS) is 13.5. The summed E-state index contributed by atoms with van der Waals surface area (Å²) in [4.78, 5) is 10.9. The van der Waals surface area contributed by atoms with Crippen LogP contribution in [0.25, 0.3) is 0 Å². The summed E-state index contributed by atoms with van der Waals surface area (Å²) in [5.74, 6) is 1.10. The Morgan fingerprint density at radius 3 is 2.71 bits per heavy atom. The van der Waals surface area contributed by atoms with E-state index in [1.807, 2.05) is 0 Å². The van der Waals surface area contributed by atoms with E-state index in [1.165, 1.54) is 0 Å². The Morgan fingerprint density at radius 1 is 1.35 bits per heavy atom. The first-order valence-electron chi connectivity index (χ1n) is 5.54. The fourth-order valence-corrected chi connectivity index (χ4v) is 2.15. The van der Waals surface area contributed by atoms with E-state index < -0.39 is 0 Å². The van der Waals surface area contributed by atoms with Crippen molar-refractivity contribution in [1.29, 1.82) is 0 Å². The van der Waals surface area contributed by atoms with Gasteiger partial charge in [0.05, 0.1) is 5.56 Å². The first-order valence-corrected chi connectivity index (χ1v) is 5.92. The van der Waals surface area contributed by atoms with Gasteiger partial charge in [-0.1, -0.05) is 11.6 Å². The minimum atomic E-state index is 0.432. The molecule has 0 aromatic heterocycles. The molecule has 0 bridgehead atoms. The molecule has 0 saturated heterocycles. The van der Waals surface area contributed by atoms with Crippen molar-refractivity contribution in [2.75, 3.05) is 19.8 Å². The van der Waals surface area contributed by atoms with Crippen molar-refractivity contribution in [1.82, 2.24) is 0 Å². The highest BCUT2D eigenvalue weighted by atomic mass is 35.5. The maximum absolute atomic E-state index is 10.9. The topological polar surface area (TPSA) is 61.6 Å². The fraction of sp³-hybridized carbons (Fsp3) is 0.417. The highest BCUT2D eigenvalue weighted by molar-refractivity contribution is 6.32. The molecule has 0 aliphatic carbocycles. The molecule has 2 N–H and O–H groups in total. The van der Waals surface area contributed by atoms with Crippen LogP contribution in [0.15, 0.2) is 6.07 Å². The van der Waals surface area contributed by atoms with E-state index >= 15 is 0 Å². The third-order valence-corrected chi connectivity index (χ3v) is 2.98. The molecule has 1 aromatic carbocycles. The van der Waals surface area contributed by atoms with Crippen LogP contribution in [-0.2, 0) is 6.42 Å². The summed E-state index contributed by atoms with van der Waals surface area (Å²) in [6.45, 7) is 1.51. The van der Waals surface area contributed by atoms with Crippen LogP contribution in [0.5, 0.6) is 11.5 Å². The number of fused-ring (bicyclic) bond motifs is 1. The summed E-state index contributed by atoms with van der Waals surface area (Å²) in [5, 5.41) is 0.532. The lowest BCUT2D eigenvalue weighted by atomic mass is 10.0. The minimum absolute atomic E-state index is 0.432. The van der Waals surface area contributed by atoms with Gasteiger partial charge >= 0.3 is 0 Å². The maximum atomic E-state index is 10.9. The number of ether oxygens (including phenoxy) is 2. The molecule has 1 aliphatic rings. The van der Waals surface area contributed by atoms with Gasteiger partial charge < -0.3 is 15.2 Å². The molecule has 5 heteroatoms. The van der Waals surface area contributed by atoms with E-state index in [4.69, 9.17) is 26.8 Å². The predicted molar refractivity (Wildman–Crippen MR) is 65.2 cm³/mol. The van der Waals surface area contributed by atoms with Crippen LogP contribution >= 0.6 is 11.6 Å². The van der Waals surface area contributed by atoms with Crippen LogP contribution in [-0.4, -0.2) is 26.0 Å². The van der Waals surface area contributed by atoms with Gasteiger partial charge in [0.1, 0.15) is 13.2 Å². The van der Waals surface area contributed by atoms with Gasteiger partial charge in [0.15, 0.2) is 17.8 Å². The lowest BCUT2D eigenvalue weighted by Gasteiger charge is -2.23. The number of aldehydes is 1. The molecule has 0 atom stereocenters. The molecule has 92 valence electrons. The molecule has 0 fully saturated rings. The maximum Gasteiger partial charge on any atom is 0.172 e. The summed E-state index contributed by atoms with van der Waals surface area (Å²) < 4.78 is 11.0. The quantitative estimate of drug-likeness (QED) is 0.834. The zero-order valence-electron chi connectivity index (χ0n) is 9.37. The van der Waals surface area contributed by atoms with Crippen LogP contribution in [0.4, 0.5) is 0 Å². The standard InChI is InChI=1S/C12H14ClNO3/c13-10-6-8(7-15)11-12(17-5-4-16-11)9(10)2-1-3-14/h6-7H,1-5,14H2. The van der Waals surface area contributed by atoms with Gasteiger partial charge in [-0.2, -0.15) is 0 Å². The highest BCUT2D eigenvalue weighted by Crippen LogP contribution is 2.41. The SMILES string of the molecule is NCCCc1c(Cl)cc(C=O)c2c1OCCO2. The number of hydrogen-bond acceptors (Lipinski definition) is 4. The molecule has 17 heavy (non-hydrogen) atoms. The number of benzene rings is 1. The first-order chi connectivity index (χ1) is 8.27. The average molecular weight is 256 g/mol. The number of hydrogen-bond donors (Lipinski definition) is 1. The molecule has 4 nitrogen and oxygen atoms in total. The van der Waals surface area contributed by atoms with Crippen LogP contribution in [0.1, 0.15) is 22.3 Å². The Hall–Kier alpha value is -1.26. The second kappa shape index (κ2) is 5.38. The van der Waals surface area contributed by atoms with Gasteiger partial charge in [-0.3, -0.25) is 4.79 Å². The van der Waals surface area contributed by atoms with Crippen molar-refractivity contribution < 1.29 is 14.3 Å². The van der Waals surface area contributed by atoms with Crippen LogP contribution in [0.3, 0.4) is 0 Å². The number of rotatable bonds is 4. The van der Waals surface area contributed by atoms with Crippen molar-refractivity contribution in [3.8, 4) is 11.5 Å². The first kappa shape index (κ1) is 12.2. The van der Waals surface area contributed by atoms with E-state index in [-0.39, 0.29) is 0 Å². The molecule has 1 aromatic rings. The van der Waals surface area contributed by atoms with Gasteiger partial charge in [-0.25, -0.2) is 0 Å². The summed E-state index contributed by atoms with van der Waals surface area (Å²) in [7, 11) is 0. The van der Waals surface area contributed by atoms with Gasteiger partial charge in [-0.15, -0.1) is 0 Å². The second-order valence-electron chi connectivity index (χ2n) is 3.79. The van der Waals surface area contributed by atoms with Gasteiger partial charge in [-0.05, 0) is 25.5 Å². The Balaban J connectivity index is 2.47. The molecule has 0 saturated carbocycles. The van der Waals surface area contributed by atoms with Crippen LogP contribution in [0, 0.1) is 0 Å². The molecular weight excluding hydrogens is 242 g/mol. The molecule has 2 rings (SSSR count). The van der Waals surface area contributed by atoms with Crippen LogP contribution < -0.4 is 15.2 Å². The Morgan fingerprint density at radius 2 is 2.06 bits per heavy atom. The van der Waals surface area contributed by atoms with Crippen molar-refractivity contribution in [2.45, 2.75) is 12.8 Å². The van der Waals surface area contributed by atoms with E-state index in [2.05, 4.69) is 0 Å². The predicted octanol–water partition coefficient (Wildman–Crippen LogP) is 1.81. The van der Waals surface area contributed by atoms with Gasteiger partial charge in [0.2, 0.25) is 0 Å². The zero-order valence-corrected chi connectivity index (χ0v) is 10.1. The molecule has 0 radical (unpaired) electrons. The number of carbonyl (C=O) groups excluding carboxylic acids is 1. The smallest absolute Gasteiger partial charge is 0.172 e. The minimum Gasteiger partial charge on any atom is -0.486 e. The molecule has 1 aliphatic heterocycles. The summed E-state index contributed by atoms with van der Waals surface area (Å²) >= 11 is 6.15. The summed E-state index contributed by atoms with van der Waals surface area (Å²) in [5.41, 5.74) is 6.79. The van der Waals surface area contributed by atoms with E-state index in [0.29, 0.717) is 41.8 Å². The van der Waals surface area contributed by atoms with E-state index in [9.17, 15) is 4.79 Å². The summed E-state index contributed by atoms with van der Waals surface area (Å²) in [6.07, 6.45) is 2.27. The third kappa shape index (κ3) is 2.37. The van der Waals surface area contributed by atoms with Gasteiger partial charge in [0, 0.05) is 10.6 Å². The Kier molecular flexibility index (Phi) is 3.86. The molecule has 0 spiro atoms. The van der Waals surface area contributed by atoms with Crippen molar-refractivity contribution >= 4 is 17.9 Å². The lowest BCUT2D eigenvalue weighted by Crippen LogP contribution is -2.18. The van der Waals surface area contributed by atoms with Crippen molar-refractivity contribution in [3.05, 3.63) is 22.2 Å². The van der Waals surface area contributed by atoms with Crippen molar-refractivity contribution in [2.24, 2.45) is 5.73 Å². The molecule has 1 heterocycles. The molecular formula is C12H14ClNO3. The number of halogens is 1. The third-order valence-electron chi connectivity index (χ3n) is 2.65. The van der Waals surface area contributed by atoms with E-state index in [1.54, 1.807) is 6.07 Å². The largest absolute Gasteiger partial charge is 0.486 e. The Bertz CT molecular complexity index is 434. The number of nitrogens with two attached hydrogens (primary N) is 1. The number of carbonyl (C=O) groups is 1. The second-order valence-corrected chi connectivity index (χ2v) is 4.20. The van der Waals surface area contributed by atoms with Crippen LogP contribution in [0.2, 0.25) is 5.02 Å². The lowest BCUT2D eigenvalue weighted by molar-refractivity contribution is 0.111. The molecule has 0 unspecified atom stereocenters. The van der Waals surface area contributed by atoms with Gasteiger partial charge in [0.25, 0.3) is 0 Å². The zero-order chi connectivity index (χ0) is 12.3. The van der Waals surface area contributed by atoms with Crippen molar-refractivity contribution in [3.63, 3.8) is 0 Å². The van der Waals surface area contributed by atoms with E-state index in [0.717, 1.165) is 24.7 Å². The Labute approximate surface area is 105 Å².